The van der Waals surface area contributed by atoms with Crippen LogP contribution >= 0.6 is 0 Å². The predicted molar refractivity (Wildman–Crippen MR) is 121 cm³/mol. The lowest BCUT2D eigenvalue weighted by Gasteiger charge is -2.31. The smallest absolute Gasteiger partial charge is 0.154 e. The Labute approximate surface area is 178 Å². The Hall–Kier alpha value is -3.08. The van der Waals surface area contributed by atoms with E-state index in [1.165, 1.54) is 22.4 Å². The highest BCUT2D eigenvalue weighted by Gasteiger charge is 2.42. The van der Waals surface area contributed by atoms with Gasteiger partial charge in [0.25, 0.3) is 0 Å². The lowest BCUT2D eigenvalue weighted by Crippen LogP contribution is -2.28. The molecule has 2 aliphatic rings. The number of allylic oxidation sites excluding steroid dienone is 2. The summed E-state index contributed by atoms with van der Waals surface area (Å²) in [4.78, 5) is 13.9. The summed E-state index contributed by atoms with van der Waals surface area (Å²) in [5.74, 6) is 1.15. The van der Waals surface area contributed by atoms with Crippen LogP contribution in [0.4, 0.5) is 5.69 Å². The molecule has 5 heteroatoms. The number of benzene rings is 2. The molecular formula is C25H29N3O2. The molecule has 1 heterocycles. The van der Waals surface area contributed by atoms with Crippen LogP contribution in [0.25, 0.3) is 0 Å². The SMILES string of the molecule is COc1ccc2c(c1)C1=NN(/C(C)=C/C(C)=O)C(c3ccc(N(C)C)cc3)C1CC2. The molecule has 2 aromatic carbocycles. The van der Waals surface area contributed by atoms with Gasteiger partial charge in [-0.2, -0.15) is 5.10 Å². The van der Waals surface area contributed by atoms with E-state index >= 15 is 0 Å². The average molecular weight is 404 g/mol. The second kappa shape index (κ2) is 7.98. The average Bonchev–Trinajstić information content (AvgIpc) is 3.13. The van der Waals surface area contributed by atoms with Gasteiger partial charge in [0, 0.05) is 43.0 Å². The van der Waals surface area contributed by atoms with Crippen molar-refractivity contribution in [3.8, 4) is 5.75 Å². The van der Waals surface area contributed by atoms with Crippen LogP contribution in [0.3, 0.4) is 0 Å². The molecule has 2 atom stereocenters. The molecule has 4 rings (SSSR count). The summed E-state index contributed by atoms with van der Waals surface area (Å²) in [6.45, 7) is 3.55. The lowest BCUT2D eigenvalue weighted by atomic mass is 9.77. The molecule has 0 fully saturated rings. The van der Waals surface area contributed by atoms with Crippen LogP contribution in [0.5, 0.6) is 5.75 Å². The maximum absolute atomic E-state index is 11.8. The lowest BCUT2D eigenvalue weighted by molar-refractivity contribution is -0.112. The maximum atomic E-state index is 11.8. The van der Waals surface area contributed by atoms with Gasteiger partial charge in [-0.15, -0.1) is 0 Å². The molecule has 0 spiro atoms. The molecular weight excluding hydrogens is 374 g/mol. The predicted octanol–water partition coefficient (Wildman–Crippen LogP) is 4.58. The van der Waals surface area contributed by atoms with Gasteiger partial charge in [0.05, 0.1) is 18.9 Å². The van der Waals surface area contributed by atoms with Crippen molar-refractivity contribution in [1.29, 1.82) is 0 Å². The largest absolute Gasteiger partial charge is 0.497 e. The summed E-state index contributed by atoms with van der Waals surface area (Å²) in [7, 11) is 5.78. The number of hydrazone groups is 1. The molecule has 2 unspecified atom stereocenters. The van der Waals surface area contributed by atoms with E-state index in [-0.39, 0.29) is 17.7 Å². The summed E-state index contributed by atoms with van der Waals surface area (Å²) < 4.78 is 5.47. The fourth-order valence-corrected chi connectivity index (χ4v) is 4.57. The number of methoxy groups -OCH3 is 1. The highest BCUT2D eigenvalue weighted by Crippen LogP contribution is 2.45. The summed E-state index contributed by atoms with van der Waals surface area (Å²) in [6.07, 6.45) is 3.72. The number of carbonyl (C=O) groups is 1. The van der Waals surface area contributed by atoms with Gasteiger partial charge in [-0.1, -0.05) is 18.2 Å². The Kier molecular flexibility index (Phi) is 5.37. The van der Waals surface area contributed by atoms with Gasteiger partial charge in [0.2, 0.25) is 0 Å². The van der Waals surface area contributed by atoms with Crippen LogP contribution in [-0.4, -0.2) is 37.7 Å². The van der Waals surface area contributed by atoms with Crippen LogP contribution in [0.1, 0.15) is 43.0 Å². The topological polar surface area (TPSA) is 45.1 Å². The molecule has 0 amide bonds. The van der Waals surface area contributed by atoms with Crippen LogP contribution in [0, 0.1) is 5.92 Å². The quantitative estimate of drug-likeness (QED) is 0.686. The standard InChI is InChI=1S/C25H29N3O2/c1-16(14-17(2)29)28-25(19-6-10-20(11-7-19)27(3)4)22-13-9-18-8-12-21(30-5)15-23(18)24(22)26-28/h6-8,10-12,14-15,22,25H,9,13H2,1-5H3/b16-14+. The van der Waals surface area contributed by atoms with Crippen molar-refractivity contribution in [2.75, 3.05) is 26.1 Å². The maximum Gasteiger partial charge on any atom is 0.154 e. The highest BCUT2D eigenvalue weighted by molar-refractivity contribution is 6.06. The first kappa shape index (κ1) is 20.2. The van der Waals surface area contributed by atoms with Crippen LogP contribution < -0.4 is 9.64 Å². The van der Waals surface area contributed by atoms with Crippen molar-refractivity contribution in [2.24, 2.45) is 11.0 Å². The molecule has 5 nitrogen and oxygen atoms in total. The highest BCUT2D eigenvalue weighted by atomic mass is 16.5. The summed E-state index contributed by atoms with van der Waals surface area (Å²) in [6, 6.07) is 15.0. The Bertz CT molecular complexity index is 1020. The van der Waals surface area contributed by atoms with E-state index in [4.69, 9.17) is 9.84 Å². The van der Waals surface area contributed by atoms with Crippen LogP contribution in [0.2, 0.25) is 0 Å². The summed E-state index contributed by atoms with van der Waals surface area (Å²) in [5.41, 5.74) is 6.82. The number of ether oxygens (including phenoxy) is 1. The fourth-order valence-electron chi connectivity index (χ4n) is 4.57. The summed E-state index contributed by atoms with van der Waals surface area (Å²) >= 11 is 0. The van der Waals surface area contributed by atoms with Crippen molar-refractivity contribution in [2.45, 2.75) is 32.7 Å². The number of fused-ring (bicyclic) bond motifs is 3. The molecule has 0 saturated heterocycles. The van der Waals surface area contributed by atoms with Crippen molar-refractivity contribution in [1.82, 2.24) is 5.01 Å². The first-order valence-electron chi connectivity index (χ1n) is 10.4. The summed E-state index contributed by atoms with van der Waals surface area (Å²) in [5, 5.41) is 7.10. The zero-order chi connectivity index (χ0) is 21.4. The van der Waals surface area contributed by atoms with Crippen molar-refractivity contribution < 1.29 is 9.53 Å². The van der Waals surface area contributed by atoms with E-state index in [1.54, 1.807) is 20.1 Å². The molecule has 0 N–H and O–H groups in total. The first-order chi connectivity index (χ1) is 14.4. The van der Waals surface area contributed by atoms with Gasteiger partial charge in [0.1, 0.15) is 5.75 Å². The number of nitrogens with zero attached hydrogens (tertiary/aromatic N) is 3. The van der Waals surface area contributed by atoms with E-state index < -0.39 is 0 Å². The van der Waals surface area contributed by atoms with E-state index in [2.05, 4.69) is 41.3 Å². The minimum atomic E-state index is 0.0337. The van der Waals surface area contributed by atoms with Gasteiger partial charge < -0.3 is 9.64 Å². The minimum absolute atomic E-state index is 0.0337. The van der Waals surface area contributed by atoms with Crippen LogP contribution in [-0.2, 0) is 11.2 Å². The number of ketones is 1. The fraction of sp³-hybridized carbons (Fsp3) is 0.360. The monoisotopic (exact) mass is 403 g/mol. The normalized spacial score (nSPS) is 20.4. The molecule has 30 heavy (non-hydrogen) atoms. The third-order valence-corrected chi connectivity index (χ3v) is 6.05. The van der Waals surface area contributed by atoms with Crippen LogP contribution in [0.15, 0.2) is 59.3 Å². The molecule has 2 aromatic rings. The number of rotatable bonds is 5. The zero-order valence-corrected chi connectivity index (χ0v) is 18.3. The number of carbonyl (C=O) groups excluding carboxylic acids is 1. The Morgan fingerprint density at radius 2 is 1.90 bits per heavy atom. The van der Waals surface area contributed by atoms with E-state index in [0.717, 1.165) is 30.0 Å². The Morgan fingerprint density at radius 1 is 1.17 bits per heavy atom. The van der Waals surface area contributed by atoms with Crippen molar-refractivity contribution >= 4 is 17.2 Å². The second-order valence-corrected chi connectivity index (χ2v) is 8.33. The van der Waals surface area contributed by atoms with Gasteiger partial charge in [-0.25, -0.2) is 0 Å². The number of hydrogen-bond acceptors (Lipinski definition) is 5. The number of anilines is 1. The Morgan fingerprint density at radius 3 is 2.53 bits per heavy atom. The van der Waals surface area contributed by atoms with E-state index in [9.17, 15) is 4.79 Å². The van der Waals surface area contributed by atoms with E-state index in [0.29, 0.717) is 0 Å². The molecule has 156 valence electrons. The molecule has 0 radical (unpaired) electrons. The minimum Gasteiger partial charge on any atom is -0.497 e. The van der Waals surface area contributed by atoms with Crippen molar-refractivity contribution in [3.05, 3.63) is 70.9 Å². The molecule has 0 saturated carbocycles. The van der Waals surface area contributed by atoms with E-state index in [1.807, 2.05) is 32.1 Å². The molecule has 0 aromatic heterocycles. The number of aryl methyl sites for hydroxylation is 1. The molecule has 0 bridgehead atoms. The van der Waals surface area contributed by atoms with Gasteiger partial charge >= 0.3 is 0 Å². The molecule has 1 aliphatic carbocycles. The van der Waals surface area contributed by atoms with Crippen molar-refractivity contribution in [3.63, 3.8) is 0 Å². The zero-order valence-electron chi connectivity index (χ0n) is 18.3. The third kappa shape index (κ3) is 3.60. The number of hydrogen-bond donors (Lipinski definition) is 0. The van der Waals surface area contributed by atoms with Gasteiger partial charge in [-0.3, -0.25) is 9.80 Å². The second-order valence-electron chi connectivity index (χ2n) is 8.33. The first-order valence-corrected chi connectivity index (χ1v) is 10.4. The molecule has 1 aliphatic heterocycles. The van der Waals surface area contributed by atoms with Gasteiger partial charge in [-0.05, 0) is 62.1 Å². The third-order valence-electron chi connectivity index (χ3n) is 6.05. The Balaban J connectivity index is 1.80. The van der Waals surface area contributed by atoms with Gasteiger partial charge in [0.15, 0.2) is 5.78 Å².